The fourth-order valence-corrected chi connectivity index (χ4v) is 2.27. The minimum absolute atomic E-state index is 0.0330. The molecule has 0 saturated carbocycles. The molecule has 0 heterocycles. The maximum Gasteiger partial charge on any atom is 0.253 e. The van der Waals surface area contributed by atoms with Crippen LogP contribution in [0, 0.1) is 0 Å². The lowest BCUT2D eigenvalue weighted by atomic mass is 10.0. The average molecular weight is 282 g/mol. The van der Waals surface area contributed by atoms with Gasteiger partial charge in [0.25, 0.3) is 5.91 Å². The van der Waals surface area contributed by atoms with E-state index in [0.717, 1.165) is 12.2 Å². The van der Waals surface area contributed by atoms with Crippen molar-refractivity contribution in [2.75, 3.05) is 18.4 Å². The summed E-state index contributed by atoms with van der Waals surface area (Å²) in [6.45, 7) is 5.56. The number of para-hydroxylation sites is 1. The first-order valence-electron chi connectivity index (χ1n) is 7.38. The number of rotatable bonds is 6. The molecule has 1 atom stereocenters. The highest BCUT2D eigenvalue weighted by atomic mass is 16.1. The molecule has 1 amide bonds. The Balaban J connectivity index is 1.99. The van der Waals surface area contributed by atoms with Gasteiger partial charge in [0.15, 0.2) is 0 Å². The van der Waals surface area contributed by atoms with Gasteiger partial charge in [0, 0.05) is 18.8 Å². The van der Waals surface area contributed by atoms with Gasteiger partial charge >= 0.3 is 0 Å². The Morgan fingerprint density at radius 1 is 1.05 bits per heavy atom. The molecular formula is C18H22N2O. The van der Waals surface area contributed by atoms with Crippen molar-refractivity contribution in [1.29, 1.82) is 0 Å². The van der Waals surface area contributed by atoms with Gasteiger partial charge in [-0.15, -0.1) is 0 Å². The highest BCUT2D eigenvalue weighted by Gasteiger charge is 2.12. The Morgan fingerprint density at radius 3 is 2.43 bits per heavy atom. The highest BCUT2D eigenvalue weighted by molar-refractivity contribution is 5.99. The lowest BCUT2D eigenvalue weighted by Crippen LogP contribution is -2.28. The van der Waals surface area contributed by atoms with E-state index in [0.29, 0.717) is 18.0 Å². The summed E-state index contributed by atoms with van der Waals surface area (Å²) < 4.78 is 0. The summed E-state index contributed by atoms with van der Waals surface area (Å²) in [6.07, 6.45) is 0. The summed E-state index contributed by atoms with van der Waals surface area (Å²) in [5.74, 6) is 0.260. The van der Waals surface area contributed by atoms with Crippen molar-refractivity contribution in [1.82, 2.24) is 5.32 Å². The molecule has 3 heteroatoms. The Hall–Kier alpha value is -2.29. The van der Waals surface area contributed by atoms with Crippen LogP contribution in [0.1, 0.15) is 35.7 Å². The summed E-state index contributed by atoms with van der Waals surface area (Å²) in [7, 11) is 0. The molecule has 0 fully saturated rings. The standard InChI is InChI=1S/C18H22N2O/c1-3-19-17-12-8-7-11-16(17)18(21)20-13-14(2)15-9-5-4-6-10-15/h4-12,14,19H,3,13H2,1-2H3,(H,20,21). The molecule has 2 aromatic rings. The number of anilines is 1. The van der Waals surface area contributed by atoms with E-state index < -0.39 is 0 Å². The molecule has 0 saturated heterocycles. The number of carbonyl (C=O) groups is 1. The molecule has 3 nitrogen and oxygen atoms in total. The molecule has 110 valence electrons. The van der Waals surface area contributed by atoms with Crippen LogP contribution in [0.25, 0.3) is 0 Å². The minimum Gasteiger partial charge on any atom is -0.385 e. The van der Waals surface area contributed by atoms with Crippen molar-refractivity contribution in [3.05, 3.63) is 65.7 Å². The second kappa shape index (κ2) is 7.48. The molecular weight excluding hydrogens is 260 g/mol. The van der Waals surface area contributed by atoms with Crippen molar-refractivity contribution < 1.29 is 4.79 Å². The number of hydrogen-bond acceptors (Lipinski definition) is 2. The van der Waals surface area contributed by atoms with E-state index in [9.17, 15) is 4.79 Å². The predicted octanol–water partition coefficient (Wildman–Crippen LogP) is 3.65. The summed E-state index contributed by atoms with van der Waals surface area (Å²) >= 11 is 0. The van der Waals surface area contributed by atoms with Gasteiger partial charge in [-0.25, -0.2) is 0 Å². The van der Waals surface area contributed by atoms with Crippen LogP contribution in [0.3, 0.4) is 0 Å². The van der Waals surface area contributed by atoms with Crippen molar-refractivity contribution in [2.24, 2.45) is 0 Å². The second-order valence-corrected chi connectivity index (χ2v) is 5.10. The van der Waals surface area contributed by atoms with Gasteiger partial charge in [-0.2, -0.15) is 0 Å². The van der Waals surface area contributed by atoms with Crippen LogP contribution >= 0.6 is 0 Å². The third-order valence-corrected chi connectivity index (χ3v) is 3.48. The maximum atomic E-state index is 12.3. The largest absolute Gasteiger partial charge is 0.385 e. The topological polar surface area (TPSA) is 41.1 Å². The molecule has 0 bridgehead atoms. The molecule has 0 aliphatic carbocycles. The lowest BCUT2D eigenvalue weighted by Gasteiger charge is -2.15. The quantitative estimate of drug-likeness (QED) is 0.849. The van der Waals surface area contributed by atoms with Gasteiger partial charge in [-0.3, -0.25) is 4.79 Å². The smallest absolute Gasteiger partial charge is 0.253 e. The van der Waals surface area contributed by atoms with Gasteiger partial charge in [0.05, 0.1) is 5.56 Å². The Morgan fingerprint density at radius 2 is 1.71 bits per heavy atom. The molecule has 1 unspecified atom stereocenters. The van der Waals surface area contributed by atoms with E-state index in [4.69, 9.17) is 0 Å². The highest BCUT2D eigenvalue weighted by Crippen LogP contribution is 2.16. The normalized spacial score (nSPS) is 11.7. The SMILES string of the molecule is CCNc1ccccc1C(=O)NCC(C)c1ccccc1. The first-order valence-corrected chi connectivity index (χ1v) is 7.38. The van der Waals surface area contributed by atoms with Crippen molar-refractivity contribution >= 4 is 11.6 Å². The van der Waals surface area contributed by atoms with Crippen molar-refractivity contribution in [2.45, 2.75) is 19.8 Å². The lowest BCUT2D eigenvalue weighted by molar-refractivity contribution is 0.0952. The van der Waals surface area contributed by atoms with Crippen LogP contribution in [0.2, 0.25) is 0 Å². The molecule has 21 heavy (non-hydrogen) atoms. The van der Waals surface area contributed by atoms with Crippen molar-refractivity contribution in [3.63, 3.8) is 0 Å². The number of benzene rings is 2. The maximum absolute atomic E-state index is 12.3. The summed E-state index contributed by atoms with van der Waals surface area (Å²) in [5.41, 5.74) is 2.81. The van der Waals surface area contributed by atoms with E-state index in [2.05, 4.69) is 29.7 Å². The molecule has 2 aromatic carbocycles. The third-order valence-electron chi connectivity index (χ3n) is 3.48. The fraction of sp³-hybridized carbons (Fsp3) is 0.278. The zero-order chi connectivity index (χ0) is 15.1. The molecule has 0 aliphatic rings. The Labute approximate surface area is 126 Å². The zero-order valence-corrected chi connectivity index (χ0v) is 12.6. The molecule has 0 radical (unpaired) electrons. The van der Waals surface area contributed by atoms with Crippen molar-refractivity contribution in [3.8, 4) is 0 Å². The van der Waals surface area contributed by atoms with Crippen LogP contribution in [0.5, 0.6) is 0 Å². The zero-order valence-electron chi connectivity index (χ0n) is 12.6. The minimum atomic E-state index is -0.0330. The fourth-order valence-electron chi connectivity index (χ4n) is 2.27. The summed E-state index contributed by atoms with van der Waals surface area (Å²) in [4.78, 5) is 12.3. The van der Waals surface area contributed by atoms with Crippen LogP contribution < -0.4 is 10.6 Å². The van der Waals surface area contributed by atoms with E-state index in [-0.39, 0.29) is 5.91 Å². The number of hydrogen-bond donors (Lipinski definition) is 2. The second-order valence-electron chi connectivity index (χ2n) is 5.10. The van der Waals surface area contributed by atoms with Gasteiger partial charge in [-0.1, -0.05) is 49.4 Å². The van der Waals surface area contributed by atoms with Crippen LogP contribution in [0.4, 0.5) is 5.69 Å². The van der Waals surface area contributed by atoms with E-state index in [1.54, 1.807) is 0 Å². The van der Waals surface area contributed by atoms with Crippen LogP contribution in [0.15, 0.2) is 54.6 Å². The summed E-state index contributed by atoms with van der Waals surface area (Å²) in [6, 6.07) is 17.8. The molecule has 2 rings (SSSR count). The Bertz CT molecular complexity index is 581. The number of carbonyl (C=O) groups excluding carboxylic acids is 1. The van der Waals surface area contributed by atoms with E-state index >= 15 is 0 Å². The Kier molecular flexibility index (Phi) is 5.38. The van der Waals surface area contributed by atoms with Gasteiger partial charge in [-0.05, 0) is 30.5 Å². The summed E-state index contributed by atoms with van der Waals surface area (Å²) in [5, 5.41) is 6.23. The molecule has 0 spiro atoms. The van der Waals surface area contributed by atoms with E-state index in [1.165, 1.54) is 5.56 Å². The molecule has 0 aliphatic heterocycles. The monoisotopic (exact) mass is 282 g/mol. The first kappa shape index (κ1) is 15.1. The van der Waals surface area contributed by atoms with E-state index in [1.807, 2.05) is 49.4 Å². The number of nitrogens with one attached hydrogen (secondary N) is 2. The van der Waals surface area contributed by atoms with Crippen LogP contribution in [-0.4, -0.2) is 19.0 Å². The van der Waals surface area contributed by atoms with Crippen LogP contribution in [-0.2, 0) is 0 Å². The number of amides is 1. The third kappa shape index (κ3) is 4.09. The molecule has 2 N–H and O–H groups in total. The van der Waals surface area contributed by atoms with Gasteiger partial charge in [0.2, 0.25) is 0 Å². The van der Waals surface area contributed by atoms with Gasteiger partial charge < -0.3 is 10.6 Å². The van der Waals surface area contributed by atoms with Gasteiger partial charge in [0.1, 0.15) is 0 Å². The first-order chi connectivity index (χ1) is 10.2. The predicted molar refractivity (Wildman–Crippen MR) is 87.8 cm³/mol. The molecule has 0 aromatic heterocycles. The average Bonchev–Trinajstić information content (AvgIpc) is 2.54.